The molecule has 0 aromatic rings. The number of likely N-dealkylation sites (N-methyl/N-ethyl adjacent to an activating group) is 1. The second kappa shape index (κ2) is 3.96. The van der Waals surface area contributed by atoms with Gasteiger partial charge in [-0.1, -0.05) is 15.9 Å². The maximum Gasteiger partial charge on any atom is 0.239 e. The van der Waals surface area contributed by atoms with Gasteiger partial charge in [-0.25, -0.2) is 0 Å². The first-order chi connectivity index (χ1) is 5.63. The molecule has 0 bridgehead atoms. The zero-order valence-corrected chi connectivity index (χ0v) is 10.5. The molecule has 0 fully saturated rings. The molecule has 0 unspecified atom stereocenters. The van der Waals surface area contributed by atoms with E-state index >= 15 is 0 Å². The summed E-state index contributed by atoms with van der Waals surface area (Å²) < 4.78 is -0.575. The summed E-state index contributed by atoms with van der Waals surface area (Å²) in [6.07, 6.45) is 0. The van der Waals surface area contributed by atoms with Crippen LogP contribution in [0.2, 0.25) is 0 Å². The third-order valence-electron chi connectivity index (χ3n) is 2.11. The van der Waals surface area contributed by atoms with Gasteiger partial charge in [-0.2, -0.15) is 0 Å². The van der Waals surface area contributed by atoms with E-state index in [-0.39, 0.29) is 12.5 Å². The van der Waals surface area contributed by atoms with Gasteiger partial charge in [-0.15, -0.1) is 0 Å². The summed E-state index contributed by atoms with van der Waals surface area (Å²) >= 11 is 3.29. The van der Waals surface area contributed by atoms with Crippen molar-refractivity contribution in [3.63, 3.8) is 0 Å². The Balaban J connectivity index is 4.62. The van der Waals surface area contributed by atoms with Crippen molar-refractivity contribution in [2.24, 2.45) is 0 Å². The quantitative estimate of drug-likeness (QED) is 0.771. The molecule has 1 amide bonds. The Kier molecular flexibility index (Phi) is 3.94. The van der Waals surface area contributed by atoms with Gasteiger partial charge in [0.05, 0.1) is 16.5 Å². The Bertz CT molecular complexity index is 196. The lowest BCUT2D eigenvalue weighted by Crippen LogP contribution is -2.52. The van der Waals surface area contributed by atoms with Gasteiger partial charge in [-0.05, 0) is 27.7 Å². The summed E-state index contributed by atoms with van der Waals surface area (Å²) in [6.45, 7) is 7.18. The van der Waals surface area contributed by atoms with E-state index in [0.29, 0.717) is 0 Å². The molecule has 0 rings (SSSR count). The number of halogens is 1. The van der Waals surface area contributed by atoms with Crippen LogP contribution < -0.4 is 0 Å². The van der Waals surface area contributed by atoms with Crippen LogP contribution in [0.3, 0.4) is 0 Å². The van der Waals surface area contributed by atoms with Gasteiger partial charge in [0.15, 0.2) is 0 Å². The van der Waals surface area contributed by atoms with Gasteiger partial charge in [0, 0.05) is 7.05 Å². The van der Waals surface area contributed by atoms with Gasteiger partial charge in [0.2, 0.25) is 5.91 Å². The van der Waals surface area contributed by atoms with E-state index in [4.69, 9.17) is 5.11 Å². The number of aliphatic hydroxyl groups excluding tert-OH is 1. The topological polar surface area (TPSA) is 40.5 Å². The Morgan fingerprint density at radius 1 is 1.38 bits per heavy atom. The first-order valence-corrected chi connectivity index (χ1v) is 5.00. The molecule has 0 saturated heterocycles. The van der Waals surface area contributed by atoms with Crippen molar-refractivity contribution in [3.8, 4) is 0 Å². The zero-order chi connectivity index (χ0) is 10.9. The van der Waals surface area contributed by atoms with E-state index in [0.717, 1.165) is 0 Å². The molecule has 1 N–H and O–H groups in total. The Hall–Kier alpha value is -0.0900. The van der Waals surface area contributed by atoms with Gasteiger partial charge in [0.1, 0.15) is 0 Å². The second-order valence-electron chi connectivity index (χ2n) is 4.31. The highest BCUT2D eigenvalue weighted by Gasteiger charge is 2.34. The number of rotatable bonds is 3. The minimum absolute atomic E-state index is 0.0356. The lowest BCUT2D eigenvalue weighted by molar-refractivity contribution is -0.137. The third kappa shape index (κ3) is 3.27. The number of aliphatic hydroxyl groups is 1. The van der Waals surface area contributed by atoms with E-state index in [2.05, 4.69) is 15.9 Å². The number of carbonyl (C=O) groups excluding carboxylic acids is 1. The third-order valence-corrected chi connectivity index (χ3v) is 2.45. The number of nitrogens with zero attached hydrogens (tertiary/aromatic N) is 1. The fraction of sp³-hybridized carbons (Fsp3) is 0.889. The molecule has 78 valence electrons. The molecule has 0 aromatic carbocycles. The summed E-state index contributed by atoms with van der Waals surface area (Å²) in [6, 6.07) is 0. The molecule has 4 heteroatoms. The smallest absolute Gasteiger partial charge is 0.239 e. The predicted octanol–water partition coefficient (Wildman–Crippen LogP) is 1.39. The fourth-order valence-electron chi connectivity index (χ4n) is 0.780. The average Bonchev–Trinajstić information content (AvgIpc) is 2.00. The summed E-state index contributed by atoms with van der Waals surface area (Å²) in [5.41, 5.74) is -0.512. The summed E-state index contributed by atoms with van der Waals surface area (Å²) in [5, 5.41) is 9.07. The summed E-state index contributed by atoms with van der Waals surface area (Å²) in [7, 11) is 1.70. The largest absolute Gasteiger partial charge is 0.394 e. The normalized spacial score (nSPS) is 12.8. The molecular weight excluding hydrogens is 234 g/mol. The van der Waals surface area contributed by atoms with E-state index in [9.17, 15) is 4.79 Å². The number of hydrogen-bond acceptors (Lipinski definition) is 2. The average molecular weight is 252 g/mol. The molecule has 0 aliphatic heterocycles. The molecule has 0 atom stereocenters. The van der Waals surface area contributed by atoms with Crippen LogP contribution >= 0.6 is 15.9 Å². The predicted molar refractivity (Wildman–Crippen MR) is 56.9 cm³/mol. The van der Waals surface area contributed by atoms with Crippen molar-refractivity contribution in [3.05, 3.63) is 0 Å². The molecule has 0 saturated carbocycles. The van der Waals surface area contributed by atoms with Crippen LogP contribution in [-0.4, -0.2) is 39.4 Å². The number of hydrogen-bond donors (Lipinski definition) is 1. The zero-order valence-electron chi connectivity index (χ0n) is 8.89. The molecule has 0 aliphatic carbocycles. The van der Waals surface area contributed by atoms with Crippen molar-refractivity contribution >= 4 is 21.8 Å². The van der Waals surface area contributed by atoms with Crippen molar-refractivity contribution in [1.29, 1.82) is 0 Å². The molecule has 3 nitrogen and oxygen atoms in total. The lowest BCUT2D eigenvalue weighted by atomic mass is 10.0. The van der Waals surface area contributed by atoms with Crippen LogP contribution in [0, 0.1) is 0 Å². The minimum Gasteiger partial charge on any atom is -0.394 e. The molecule has 0 aromatic heterocycles. The molecule has 0 spiro atoms. The van der Waals surface area contributed by atoms with Crippen molar-refractivity contribution in [1.82, 2.24) is 4.90 Å². The van der Waals surface area contributed by atoms with Crippen molar-refractivity contribution < 1.29 is 9.90 Å². The maximum absolute atomic E-state index is 11.7. The van der Waals surface area contributed by atoms with Crippen LogP contribution in [0.25, 0.3) is 0 Å². The number of carbonyl (C=O) groups is 1. The molecule has 0 radical (unpaired) electrons. The highest BCUT2D eigenvalue weighted by molar-refractivity contribution is 9.10. The summed E-state index contributed by atoms with van der Waals surface area (Å²) in [5.74, 6) is -0.0356. The monoisotopic (exact) mass is 251 g/mol. The lowest BCUT2D eigenvalue weighted by Gasteiger charge is -2.37. The number of alkyl halides is 1. The Morgan fingerprint density at radius 2 is 1.77 bits per heavy atom. The van der Waals surface area contributed by atoms with E-state index in [1.807, 2.05) is 13.8 Å². The highest BCUT2D eigenvalue weighted by atomic mass is 79.9. The van der Waals surface area contributed by atoms with E-state index < -0.39 is 9.86 Å². The van der Waals surface area contributed by atoms with E-state index in [1.54, 1.807) is 25.8 Å². The molecular formula is C9H18BrNO2. The standard InChI is InChI=1S/C9H18BrNO2/c1-8(2,6-12)11(5)7(13)9(3,4)10/h12H,6H2,1-5H3. The van der Waals surface area contributed by atoms with Crippen LogP contribution in [0.5, 0.6) is 0 Å². The van der Waals surface area contributed by atoms with Gasteiger partial charge < -0.3 is 10.0 Å². The Morgan fingerprint density at radius 3 is 2.00 bits per heavy atom. The second-order valence-corrected chi connectivity index (χ2v) is 6.29. The highest BCUT2D eigenvalue weighted by Crippen LogP contribution is 2.23. The SMILES string of the molecule is CN(C(=O)C(C)(C)Br)C(C)(C)CO. The van der Waals surface area contributed by atoms with Crippen LogP contribution in [0.1, 0.15) is 27.7 Å². The van der Waals surface area contributed by atoms with Crippen LogP contribution in [0.4, 0.5) is 0 Å². The fourth-order valence-corrected chi connectivity index (χ4v) is 1.05. The molecule has 13 heavy (non-hydrogen) atoms. The maximum atomic E-state index is 11.7. The molecule has 0 aliphatic rings. The first-order valence-electron chi connectivity index (χ1n) is 4.21. The van der Waals surface area contributed by atoms with Crippen molar-refractivity contribution in [2.45, 2.75) is 37.6 Å². The van der Waals surface area contributed by atoms with Gasteiger partial charge >= 0.3 is 0 Å². The Labute approximate surface area is 88.2 Å². The summed E-state index contributed by atoms with van der Waals surface area (Å²) in [4.78, 5) is 13.3. The first kappa shape index (κ1) is 12.9. The van der Waals surface area contributed by atoms with Crippen LogP contribution in [0.15, 0.2) is 0 Å². The van der Waals surface area contributed by atoms with Gasteiger partial charge in [-0.3, -0.25) is 4.79 Å². The van der Waals surface area contributed by atoms with Gasteiger partial charge in [0.25, 0.3) is 0 Å². The van der Waals surface area contributed by atoms with E-state index in [1.165, 1.54) is 0 Å². The van der Waals surface area contributed by atoms with Crippen LogP contribution in [-0.2, 0) is 4.79 Å². The molecule has 0 heterocycles. The minimum atomic E-state index is -0.575. The number of amides is 1. The van der Waals surface area contributed by atoms with Crippen molar-refractivity contribution in [2.75, 3.05) is 13.7 Å².